The highest BCUT2D eigenvalue weighted by atomic mass is 16.5. The molecule has 0 radical (unpaired) electrons. The monoisotopic (exact) mass is 426 g/mol. The van der Waals surface area contributed by atoms with Gasteiger partial charge in [-0.1, -0.05) is 18.2 Å². The first-order valence-corrected chi connectivity index (χ1v) is 12.1. The van der Waals surface area contributed by atoms with E-state index >= 15 is 0 Å². The second-order valence-electron chi connectivity index (χ2n) is 9.55. The smallest absolute Gasteiger partial charge is 0.226 e. The Morgan fingerprint density at radius 2 is 1.77 bits per heavy atom. The fourth-order valence-electron chi connectivity index (χ4n) is 4.98. The molecule has 2 heterocycles. The number of morpholine rings is 1. The molecule has 0 bridgehead atoms. The van der Waals surface area contributed by atoms with Crippen molar-refractivity contribution >= 4 is 11.5 Å². The molecule has 1 amide bonds. The summed E-state index contributed by atoms with van der Waals surface area (Å²) in [5, 5.41) is 0. The summed E-state index contributed by atoms with van der Waals surface area (Å²) in [7, 11) is 0. The summed E-state index contributed by atoms with van der Waals surface area (Å²) >= 11 is 0. The van der Waals surface area contributed by atoms with Gasteiger partial charge in [-0.2, -0.15) is 0 Å². The van der Waals surface area contributed by atoms with Crippen LogP contribution in [0.2, 0.25) is 0 Å². The molecule has 4 rings (SSSR count). The van der Waals surface area contributed by atoms with E-state index < -0.39 is 0 Å². The highest BCUT2D eigenvalue weighted by molar-refractivity contribution is 5.80. The number of rotatable bonds is 6. The van der Waals surface area contributed by atoms with Gasteiger partial charge in [0.15, 0.2) is 0 Å². The molecule has 3 aliphatic rings. The summed E-state index contributed by atoms with van der Waals surface area (Å²) in [5.41, 5.74) is 2.62. The van der Waals surface area contributed by atoms with E-state index in [2.05, 4.69) is 49.1 Å². The predicted octanol–water partition coefficient (Wildman–Crippen LogP) is 4.23. The normalized spacial score (nSPS) is 23.6. The average Bonchev–Trinajstić information content (AvgIpc) is 2.83. The van der Waals surface area contributed by atoms with Crippen molar-refractivity contribution in [2.75, 3.05) is 46.0 Å². The van der Waals surface area contributed by atoms with Crippen molar-refractivity contribution in [1.82, 2.24) is 9.80 Å². The number of ether oxygens (including phenoxy) is 2. The number of nitrogens with zero attached hydrogens (tertiary/aromatic N) is 2. The number of carbonyl (C=O) groups excluding carboxylic acids is 1. The highest BCUT2D eigenvalue weighted by Gasteiger charge is 2.27. The fourth-order valence-corrected chi connectivity index (χ4v) is 4.98. The predicted molar refractivity (Wildman–Crippen MR) is 124 cm³/mol. The van der Waals surface area contributed by atoms with Crippen LogP contribution >= 0.6 is 0 Å². The number of amides is 1. The molecule has 0 N–H and O–H groups in total. The van der Waals surface area contributed by atoms with Crippen LogP contribution in [0.5, 0.6) is 5.75 Å². The molecule has 2 aliphatic heterocycles. The van der Waals surface area contributed by atoms with Gasteiger partial charge in [0.25, 0.3) is 0 Å². The number of allylic oxidation sites excluding steroid dienone is 2. The number of hydrogen-bond acceptors (Lipinski definition) is 4. The molecule has 0 aromatic heterocycles. The van der Waals surface area contributed by atoms with Gasteiger partial charge in [0, 0.05) is 25.0 Å². The molecule has 1 aliphatic carbocycles. The van der Waals surface area contributed by atoms with Gasteiger partial charge in [0.05, 0.1) is 19.8 Å². The molecule has 31 heavy (non-hydrogen) atoms. The van der Waals surface area contributed by atoms with Crippen LogP contribution in [0.25, 0.3) is 5.57 Å². The Labute approximate surface area is 187 Å². The molecular formula is C26H38N2O3. The summed E-state index contributed by atoms with van der Waals surface area (Å²) < 4.78 is 11.5. The lowest BCUT2D eigenvalue weighted by Gasteiger charge is -2.34. The first-order valence-electron chi connectivity index (χ1n) is 12.1. The number of hydrogen-bond donors (Lipinski definition) is 0. The Hall–Kier alpha value is -1.85. The summed E-state index contributed by atoms with van der Waals surface area (Å²) in [5.74, 6) is 2.07. The van der Waals surface area contributed by atoms with Crippen LogP contribution in [0.1, 0.15) is 51.5 Å². The van der Waals surface area contributed by atoms with E-state index in [1.807, 2.05) is 4.90 Å². The van der Waals surface area contributed by atoms with Crippen molar-refractivity contribution in [3.8, 4) is 5.75 Å². The third kappa shape index (κ3) is 5.89. The third-order valence-corrected chi connectivity index (χ3v) is 7.17. The maximum absolute atomic E-state index is 12.7. The lowest BCUT2D eigenvalue weighted by atomic mass is 9.85. The van der Waals surface area contributed by atoms with E-state index in [4.69, 9.17) is 9.47 Å². The lowest BCUT2D eigenvalue weighted by molar-refractivity contribution is -0.139. The molecule has 5 heteroatoms. The van der Waals surface area contributed by atoms with Gasteiger partial charge in [0.2, 0.25) is 5.91 Å². The second kappa shape index (κ2) is 10.6. The Balaban J connectivity index is 1.24. The third-order valence-electron chi connectivity index (χ3n) is 7.17. The molecule has 2 fully saturated rings. The van der Waals surface area contributed by atoms with Crippen molar-refractivity contribution in [3.05, 3.63) is 35.9 Å². The molecule has 0 saturated carbocycles. The van der Waals surface area contributed by atoms with Crippen LogP contribution in [-0.2, 0) is 9.53 Å². The van der Waals surface area contributed by atoms with Crippen molar-refractivity contribution in [1.29, 1.82) is 0 Å². The van der Waals surface area contributed by atoms with Crippen LogP contribution in [0.3, 0.4) is 0 Å². The second-order valence-corrected chi connectivity index (χ2v) is 9.55. The van der Waals surface area contributed by atoms with Gasteiger partial charge in [0.1, 0.15) is 5.75 Å². The van der Waals surface area contributed by atoms with Gasteiger partial charge in [-0.15, -0.1) is 0 Å². The summed E-state index contributed by atoms with van der Waals surface area (Å²) in [6.45, 7) is 10.6. The molecule has 170 valence electrons. The van der Waals surface area contributed by atoms with E-state index in [0.29, 0.717) is 31.1 Å². The average molecular weight is 427 g/mol. The Bertz CT molecular complexity index is 744. The highest BCUT2D eigenvalue weighted by Crippen LogP contribution is 2.32. The Kier molecular flexibility index (Phi) is 7.67. The molecule has 2 saturated heterocycles. The standard InChI is InChI=1S/C26H38N2O3/c1-20(2)27-13-11-21(12-14-27)19-31-25-9-7-23(8-10-25)22-3-5-24(6-4-22)26(29)28-15-17-30-18-16-28/h3,7-10,20-21,24H,4-6,11-19H2,1-2H3. The Morgan fingerprint density at radius 3 is 2.39 bits per heavy atom. The van der Waals surface area contributed by atoms with Gasteiger partial charge >= 0.3 is 0 Å². The fraction of sp³-hybridized carbons (Fsp3) is 0.654. The van der Waals surface area contributed by atoms with E-state index in [0.717, 1.165) is 44.7 Å². The van der Waals surface area contributed by atoms with Crippen LogP contribution in [-0.4, -0.2) is 67.7 Å². The van der Waals surface area contributed by atoms with Crippen LogP contribution in [0.4, 0.5) is 0 Å². The van der Waals surface area contributed by atoms with Crippen molar-refractivity contribution in [2.24, 2.45) is 11.8 Å². The quantitative estimate of drug-likeness (QED) is 0.683. The summed E-state index contributed by atoms with van der Waals surface area (Å²) in [4.78, 5) is 17.3. The van der Waals surface area contributed by atoms with Crippen LogP contribution in [0, 0.1) is 11.8 Å². The Morgan fingerprint density at radius 1 is 1.06 bits per heavy atom. The van der Waals surface area contributed by atoms with Gasteiger partial charge in [-0.25, -0.2) is 0 Å². The molecular weight excluding hydrogens is 388 g/mol. The minimum atomic E-state index is 0.131. The largest absolute Gasteiger partial charge is 0.493 e. The zero-order valence-corrected chi connectivity index (χ0v) is 19.2. The zero-order chi connectivity index (χ0) is 21.6. The first kappa shape index (κ1) is 22.3. The van der Waals surface area contributed by atoms with E-state index in [1.165, 1.54) is 37.1 Å². The topological polar surface area (TPSA) is 42.0 Å². The van der Waals surface area contributed by atoms with E-state index in [1.54, 1.807) is 0 Å². The molecule has 1 atom stereocenters. The van der Waals surface area contributed by atoms with Crippen molar-refractivity contribution in [3.63, 3.8) is 0 Å². The minimum absolute atomic E-state index is 0.131. The molecule has 1 unspecified atom stereocenters. The summed E-state index contributed by atoms with van der Waals surface area (Å²) in [6.07, 6.45) is 7.48. The summed E-state index contributed by atoms with van der Waals surface area (Å²) in [6, 6.07) is 9.20. The maximum Gasteiger partial charge on any atom is 0.226 e. The number of benzene rings is 1. The van der Waals surface area contributed by atoms with Gasteiger partial charge < -0.3 is 19.3 Å². The van der Waals surface area contributed by atoms with Gasteiger partial charge in [-0.3, -0.25) is 4.79 Å². The molecule has 0 spiro atoms. The molecule has 1 aromatic carbocycles. The van der Waals surface area contributed by atoms with E-state index in [9.17, 15) is 4.79 Å². The maximum atomic E-state index is 12.7. The van der Waals surface area contributed by atoms with Crippen molar-refractivity contribution in [2.45, 2.75) is 52.0 Å². The molecule has 5 nitrogen and oxygen atoms in total. The number of piperidine rings is 1. The molecule has 1 aromatic rings. The van der Waals surface area contributed by atoms with E-state index in [-0.39, 0.29) is 5.92 Å². The van der Waals surface area contributed by atoms with Crippen LogP contribution in [0.15, 0.2) is 30.3 Å². The zero-order valence-electron chi connectivity index (χ0n) is 19.2. The number of likely N-dealkylation sites (tertiary alicyclic amines) is 1. The van der Waals surface area contributed by atoms with Gasteiger partial charge in [-0.05, 0) is 88.2 Å². The minimum Gasteiger partial charge on any atom is -0.493 e. The number of carbonyl (C=O) groups is 1. The first-order chi connectivity index (χ1) is 15.1. The van der Waals surface area contributed by atoms with Crippen LogP contribution < -0.4 is 4.74 Å². The lowest BCUT2D eigenvalue weighted by Crippen LogP contribution is -2.44. The SMILES string of the molecule is CC(C)N1CCC(COc2ccc(C3=CCC(C(=O)N4CCOCC4)CC3)cc2)CC1. The van der Waals surface area contributed by atoms with Crippen molar-refractivity contribution < 1.29 is 14.3 Å².